The third-order valence-corrected chi connectivity index (χ3v) is 8.07. The zero-order valence-corrected chi connectivity index (χ0v) is 26.0. The second kappa shape index (κ2) is 13.9. The van der Waals surface area contributed by atoms with Gasteiger partial charge in [0.15, 0.2) is 5.11 Å². The second-order valence-corrected chi connectivity index (χ2v) is 11.8. The van der Waals surface area contributed by atoms with Crippen molar-refractivity contribution >= 4 is 28.8 Å². The van der Waals surface area contributed by atoms with Crippen LogP contribution in [-0.4, -0.2) is 31.5 Å². The minimum atomic E-state index is -4.72. The Hall–Kier alpha value is -4.74. The van der Waals surface area contributed by atoms with Gasteiger partial charge in [-0.05, 0) is 73.6 Å². The van der Waals surface area contributed by atoms with Crippen LogP contribution in [0, 0.1) is 16.7 Å². The van der Waals surface area contributed by atoms with Crippen molar-refractivity contribution in [3.63, 3.8) is 0 Å². The highest BCUT2D eigenvalue weighted by molar-refractivity contribution is 7.80. The normalized spacial score (nSPS) is 12.7. The molecule has 0 fully saturated rings. The minimum absolute atomic E-state index is 0.0676. The van der Waals surface area contributed by atoms with E-state index < -0.39 is 41.6 Å². The van der Waals surface area contributed by atoms with E-state index in [4.69, 9.17) is 23.2 Å². The number of nitrogens with zero attached hydrogens (tertiary/aromatic N) is 4. The summed E-state index contributed by atoms with van der Waals surface area (Å²) in [5.74, 6) is -0.387. The Morgan fingerprint density at radius 2 is 1.70 bits per heavy atom. The van der Waals surface area contributed by atoms with Crippen molar-refractivity contribution in [1.82, 2.24) is 14.5 Å². The molecule has 3 aromatic carbocycles. The van der Waals surface area contributed by atoms with E-state index in [0.717, 1.165) is 29.8 Å². The van der Waals surface area contributed by atoms with Crippen LogP contribution in [0.25, 0.3) is 0 Å². The van der Waals surface area contributed by atoms with Gasteiger partial charge in [0.25, 0.3) is 0 Å². The third kappa shape index (κ3) is 8.55. The molecule has 0 saturated heterocycles. The highest BCUT2D eigenvalue weighted by Crippen LogP contribution is 2.35. The first-order chi connectivity index (χ1) is 22.0. The van der Waals surface area contributed by atoms with Gasteiger partial charge in [-0.1, -0.05) is 36.4 Å². The molecule has 1 aromatic heterocycles. The quantitative estimate of drug-likeness (QED) is 0.105. The Morgan fingerprint density at radius 3 is 2.34 bits per heavy atom. The van der Waals surface area contributed by atoms with Crippen LogP contribution in [0.3, 0.4) is 0 Å². The van der Waals surface area contributed by atoms with Gasteiger partial charge in [-0.3, -0.25) is 4.79 Å². The molecule has 0 aliphatic heterocycles. The Balaban J connectivity index is 1.63. The molecule has 1 unspecified atom stereocenters. The van der Waals surface area contributed by atoms with Crippen molar-refractivity contribution in [2.24, 2.45) is 11.1 Å². The number of ketones is 1. The van der Waals surface area contributed by atoms with Crippen molar-refractivity contribution in [1.29, 1.82) is 5.26 Å². The number of anilines is 1. The lowest BCUT2D eigenvalue weighted by Crippen LogP contribution is -2.57. The van der Waals surface area contributed by atoms with Gasteiger partial charge in [0.05, 0.1) is 40.7 Å². The predicted molar refractivity (Wildman–Crippen MR) is 168 cm³/mol. The summed E-state index contributed by atoms with van der Waals surface area (Å²) in [6, 6.07) is 17.9. The molecule has 1 heterocycles. The van der Waals surface area contributed by atoms with E-state index in [9.17, 15) is 31.1 Å². The molecule has 7 nitrogen and oxygen atoms in total. The van der Waals surface area contributed by atoms with E-state index in [1.807, 2.05) is 6.07 Å². The summed E-state index contributed by atoms with van der Waals surface area (Å²) in [4.78, 5) is 19.2. The lowest BCUT2D eigenvalue weighted by Gasteiger charge is -2.40. The smallest absolute Gasteiger partial charge is 0.333 e. The number of carbonyl (C=O) groups excluding carboxylic acids is 1. The maximum atomic E-state index is 13.9. The number of benzene rings is 3. The van der Waals surface area contributed by atoms with E-state index in [1.165, 1.54) is 49.2 Å². The molecule has 0 amide bonds. The number of nitrogens with one attached hydrogen (secondary N) is 1. The van der Waals surface area contributed by atoms with E-state index >= 15 is 0 Å². The fraction of sp³-hybridized carbons (Fsp3) is 0.273. The number of Topliss-reactive ketones (excluding diaryl/α,β-unsaturated/α-hetero) is 1. The summed E-state index contributed by atoms with van der Waals surface area (Å²) < 4.78 is 83.6. The van der Waals surface area contributed by atoms with Crippen molar-refractivity contribution in [2.45, 2.75) is 51.9 Å². The molecule has 0 spiro atoms. The van der Waals surface area contributed by atoms with Crippen molar-refractivity contribution < 1.29 is 31.1 Å². The monoisotopic (exact) mass is 672 g/mol. The molecule has 14 heteroatoms. The number of alkyl halides is 6. The molecule has 246 valence electrons. The first-order valence-electron chi connectivity index (χ1n) is 14.2. The summed E-state index contributed by atoms with van der Waals surface area (Å²) in [6.45, 7) is 2.90. The molecule has 0 aliphatic carbocycles. The van der Waals surface area contributed by atoms with Crippen LogP contribution in [-0.2, 0) is 36.7 Å². The minimum Gasteiger partial charge on any atom is -0.333 e. The van der Waals surface area contributed by atoms with Crippen molar-refractivity contribution in [2.75, 3.05) is 5.32 Å². The SMILES string of the molecule is CC(C)(C(=O)Cc1cncn1Cc1ccc(C#N)cc1)C(N)N(Cc1ccccc1C(F)(F)F)C(=S)Nc1cccc(C(F)(F)F)c1. The maximum absolute atomic E-state index is 13.9. The average Bonchev–Trinajstić information content (AvgIpc) is 3.45. The number of thiocarbonyl (C=S) groups is 1. The number of carbonyl (C=O) groups is 1. The first kappa shape index (κ1) is 35.1. The molecular formula is C33H30F6N6OS. The molecule has 0 bridgehead atoms. The lowest BCUT2D eigenvalue weighted by atomic mass is 9.81. The maximum Gasteiger partial charge on any atom is 0.416 e. The number of aromatic nitrogens is 2. The Bertz CT molecular complexity index is 1780. The number of nitrogens with two attached hydrogens (primary N) is 1. The van der Waals surface area contributed by atoms with Gasteiger partial charge >= 0.3 is 12.4 Å². The van der Waals surface area contributed by atoms with Crippen LogP contribution in [0.2, 0.25) is 0 Å². The highest BCUT2D eigenvalue weighted by atomic mass is 32.1. The van der Waals surface area contributed by atoms with Gasteiger partial charge in [0.2, 0.25) is 0 Å². The summed E-state index contributed by atoms with van der Waals surface area (Å²) in [7, 11) is 0. The number of halogens is 6. The summed E-state index contributed by atoms with van der Waals surface area (Å²) in [5.41, 5.74) is 4.92. The number of rotatable bonds is 10. The number of hydrogen-bond donors (Lipinski definition) is 2. The highest BCUT2D eigenvalue weighted by Gasteiger charge is 2.41. The molecule has 0 aliphatic rings. The van der Waals surface area contributed by atoms with Crippen LogP contribution < -0.4 is 11.1 Å². The first-order valence-corrected chi connectivity index (χ1v) is 14.6. The van der Waals surface area contributed by atoms with Gasteiger partial charge < -0.3 is 20.5 Å². The van der Waals surface area contributed by atoms with E-state index in [1.54, 1.807) is 35.2 Å². The molecule has 47 heavy (non-hydrogen) atoms. The second-order valence-electron chi connectivity index (χ2n) is 11.4. The fourth-order valence-corrected chi connectivity index (χ4v) is 5.15. The van der Waals surface area contributed by atoms with Gasteiger partial charge in [0, 0.05) is 37.1 Å². The molecule has 4 aromatic rings. The number of imidazole rings is 1. The predicted octanol–water partition coefficient (Wildman–Crippen LogP) is 7.16. The van der Waals surface area contributed by atoms with Crippen LogP contribution in [0.1, 0.15) is 47.4 Å². The fourth-order valence-electron chi connectivity index (χ4n) is 4.85. The summed E-state index contributed by atoms with van der Waals surface area (Å²) >= 11 is 5.52. The van der Waals surface area contributed by atoms with Crippen LogP contribution in [0.5, 0.6) is 0 Å². The van der Waals surface area contributed by atoms with E-state index in [-0.39, 0.29) is 28.6 Å². The topological polar surface area (TPSA) is 100.0 Å². The Kier molecular flexibility index (Phi) is 10.4. The average molecular weight is 673 g/mol. The van der Waals surface area contributed by atoms with Crippen molar-refractivity contribution in [3.05, 3.63) is 119 Å². The van der Waals surface area contributed by atoms with E-state index in [2.05, 4.69) is 10.3 Å². The van der Waals surface area contributed by atoms with Crippen molar-refractivity contribution in [3.8, 4) is 6.07 Å². The molecule has 1 atom stereocenters. The van der Waals surface area contributed by atoms with Crippen LogP contribution in [0.15, 0.2) is 85.3 Å². The molecule has 3 N–H and O–H groups in total. The zero-order valence-electron chi connectivity index (χ0n) is 25.2. The summed E-state index contributed by atoms with van der Waals surface area (Å²) in [5, 5.41) is 11.4. The lowest BCUT2D eigenvalue weighted by molar-refractivity contribution is -0.139. The summed E-state index contributed by atoms with van der Waals surface area (Å²) in [6.07, 6.45) is -7.78. The Labute approximate surface area is 272 Å². The number of hydrogen-bond acceptors (Lipinski definition) is 5. The molecular weight excluding hydrogens is 642 g/mol. The van der Waals surface area contributed by atoms with E-state index in [0.29, 0.717) is 17.8 Å². The Morgan fingerprint density at radius 1 is 1.02 bits per heavy atom. The van der Waals surface area contributed by atoms with Gasteiger partial charge in [0.1, 0.15) is 5.78 Å². The zero-order chi connectivity index (χ0) is 34.6. The van der Waals surface area contributed by atoms with Gasteiger partial charge in [-0.25, -0.2) is 4.98 Å². The number of nitriles is 1. The van der Waals surface area contributed by atoms with Gasteiger partial charge in [-0.2, -0.15) is 31.6 Å². The standard InChI is InChI=1S/C33H30F6N6OS/c1-31(2,28(46)15-26-17-42-20-44(26)18-22-12-10-21(16-40)11-13-22)29(41)45(19-23-6-3-4-9-27(23)33(37,38)39)30(47)43-25-8-5-7-24(14-25)32(34,35)36/h3-14,17,20,29H,15,18-19,41H2,1-2H3,(H,43,47). The molecule has 0 radical (unpaired) electrons. The van der Waals surface area contributed by atoms with Crippen LogP contribution >= 0.6 is 12.2 Å². The third-order valence-electron chi connectivity index (χ3n) is 7.74. The molecule has 4 rings (SSSR count). The van der Waals surface area contributed by atoms with Gasteiger partial charge in [-0.15, -0.1) is 0 Å². The van der Waals surface area contributed by atoms with Crippen LogP contribution in [0.4, 0.5) is 32.0 Å². The molecule has 0 saturated carbocycles. The largest absolute Gasteiger partial charge is 0.416 e.